The van der Waals surface area contributed by atoms with Crippen molar-refractivity contribution >= 4 is 0 Å². The molecule has 6 nitrogen and oxygen atoms in total. The van der Waals surface area contributed by atoms with Crippen molar-refractivity contribution in [1.29, 1.82) is 0 Å². The van der Waals surface area contributed by atoms with Gasteiger partial charge >= 0.3 is 0 Å². The summed E-state index contributed by atoms with van der Waals surface area (Å²) in [6.45, 7) is 1.82. The molecule has 7 heteroatoms. The third kappa shape index (κ3) is 3.71. The van der Waals surface area contributed by atoms with Gasteiger partial charge in [-0.3, -0.25) is 4.90 Å². The highest BCUT2D eigenvalue weighted by atomic mass is 19.1. The molecule has 1 atom stereocenters. The van der Waals surface area contributed by atoms with E-state index < -0.39 is 0 Å². The number of hydrogen-bond acceptors (Lipinski definition) is 5. The lowest BCUT2D eigenvalue weighted by Crippen LogP contribution is -2.23. The smallest absolute Gasteiger partial charge is 0.240 e. The fraction of sp³-hybridized carbons (Fsp3) is 0.333. The van der Waals surface area contributed by atoms with Crippen LogP contribution in [0.4, 0.5) is 4.39 Å². The molecule has 1 fully saturated rings. The number of aromatic amines is 1. The van der Waals surface area contributed by atoms with Gasteiger partial charge in [-0.05, 0) is 55.8 Å². The predicted molar refractivity (Wildman–Crippen MR) is 88.2 cm³/mol. The van der Waals surface area contributed by atoms with Crippen LogP contribution in [0.3, 0.4) is 0 Å². The zero-order chi connectivity index (χ0) is 17.1. The minimum absolute atomic E-state index is 0.190. The van der Waals surface area contributed by atoms with Crippen LogP contribution in [-0.4, -0.2) is 26.6 Å². The van der Waals surface area contributed by atoms with Crippen LogP contribution < -0.4 is 4.74 Å². The van der Waals surface area contributed by atoms with Gasteiger partial charge in [0.05, 0.1) is 12.6 Å². The second-order valence-electron chi connectivity index (χ2n) is 6.10. The van der Waals surface area contributed by atoms with Crippen LogP contribution in [0.2, 0.25) is 0 Å². The molecule has 4 rings (SSSR count). The van der Waals surface area contributed by atoms with Crippen molar-refractivity contribution in [3.05, 3.63) is 65.8 Å². The molecule has 25 heavy (non-hydrogen) atoms. The Balaban J connectivity index is 1.35. The third-order valence-corrected chi connectivity index (χ3v) is 4.37. The Kier molecular flexibility index (Phi) is 4.47. The fourth-order valence-electron chi connectivity index (χ4n) is 3.18. The molecule has 1 aliphatic rings. The Hall–Kier alpha value is -2.67. The number of benzene rings is 1. The summed E-state index contributed by atoms with van der Waals surface area (Å²) in [7, 11) is 0. The number of rotatable bonds is 6. The van der Waals surface area contributed by atoms with E-state index in [0.29, 0.717) is 30.1 Å². The molecule has 0 bridgehead atoms. The number of hydrogen-bond donors (Lipinski definition) is 1. The molecule has 1 saturated heterocycles. The second kappa shape index (κ2) is 7.06. The number of aromatic nitrogens is 3. The number of ether oxygens (including phenoxy) is 1. The lowest BCUT2D eigenvalue weighted by molar-refractivity contribution is 0.209. The lowest BCUT2D eigenvalue weighted by Gasteiger charge is -2.21. The SMILES string of the molecule is Fc1ccc(OCc2noc(CN3CCCC3c3ccc[nH]3)n2)cc1. The Morgan fingerprint density at radius 3 is 2.96 bits per heavy atom. The van der Waals surface area contributed by atoms with Gasteiger partial charge in [0.15, 0.2) is 6.61 Å². The molecule has 0 spiro atoms. The molecule has 130 valence electrons. The average Bonchev–Trinajstić information content (AvgIpc) is 3.36. The van der Waals surface area contributed by atoms with Gasteiger partial charge in [-0.15, -0.1) is 0 Å². The van der Waals surface area contributed by atoms with Crippen molar-refractivity contribution in [2.24, 2.45) is 0 Å². The maximum atomic E-state index is 12.9. The van der Waals surface area contributed by atoms with E-state index in [1.807, 2.05) is 12.3 Å². The van der Waals surface area contributed by atoms with E-state index in [-0.39, 0.29) is 12.4 Å². The highest BCUT2D eigenvalue weighted by molar-refractivity contribution is 5.22. The number of halogens is 1. The summed E-state index contributed by atoms with van der Waals surface area (Å²) in [6.07, 6.45) is 4.22. The predicted octanol–water partition coefficient (Wildman–Crippen LogP) is 3.45. The van der Waals surface area contributed by atoms with E-state index in [9.17, 15) is 4.39 Å². The maximum Gasteiger partial charge on any atom is 0.240 e. The van der Waals surface area contributed by atoms with E-state index in [1.165, 1.54) is 17.8 Å². The monoisotopic (exact) mass is 342 g/mol. The fourth-order valence-corrected chi connectivity index (χ4v) is 3.18. The maximum absolute atomic E-state index is 12.9. The molecule has 1 aliphatic heterocycles. The summed E-state index contributed by atoms with van der Waals surface area (Å²) in [6, 6.07) is 10.3. The van der Waals surface area contributed by atoms with Crippen LogP contribution in [0.1, 0.15) is 36.3 Å². The van der Waals surface area contributed by atoms with Crippen LogP contribution in [-0.2, 0) is 13.2 Å². The molecule has 0 amide bonds. The first-order valence-electron chi connectivity index (χ1n) is 8.35. The van der Waals surface area contributed by atoms with Crippen LogP contribution in [0.5, 0.6) is 5.75 Å². The summed E-state index contributed by atoms with van der Waals surface area (Å²) in [5, 5.41) is 3.96. The van der Waals surface area contributed by atoms with Crippen molar-refractivity contribution in [3.63, 3.8) is 0 Å². The van der Waals surface area contributed by atoms with Gasteiger partial charge in [-0.25, -0.2) is 4.39 Å². The molecular weight excluding hydrogens is 323 g/mol. The Bertz CT molecular complexity index is 801. The summed E-state index contributed by atoms with van der Waals surface area (Å²) in [5.41, 5.74) is 1.22. The zero-order valence-electron chi connectivity index (χ0n) is 13.7. The van der Waals surface area contributed by atoms with Crippen molar-refractivity contribution in [3.8, 4) is 5.75 Å². The molecule has 1 N–H and O–H groups in total. The molecule has 1 unspecified atom stereocenters. The van der Waals surface area contributed by atoms with Gasteiger partial charge in [0.1, 0.15) is 11.6 Å². The summed E-state index contributed by atoms with van der Waals surface area (Å²) in [5.74, 6) is 1.33. The molecule has 3 aromatic rings. The normalized spacial score (nSPS) is 17.9. The number of nitrogens with zero attached hydrogens (tertiary/aromatic N) is 3. The Morgan fingerprint density at radius 1 is 1.28 bits per heavy atom. The van der Waals surface area contributed by atoms with E-state index >= 15 is 0 Å². The highest BCUT2D eigenvalue weighted by Crippen LogP contribution is 2.31. The van der Waals surface area contributed by atoms with Crippen LogP contribution in [0.25, 0.3) is 0 Å². The van der Waals surface area contributed by atoms with Gasteiger partial charge in [0.2, 0.25) is 11.7 Å². The van der Waals surface area contributed by atoms with Gasteiger partial charge in [-0.2, -0.15) is 4.98 Å². The van der Waals surface area contributed by atoms with E-state index in [1.54, 1.807) is 12.1 Å². The third-order valence-electron chi connectivity index (χ3n) is 4.37. The standard InChI is InChI=1S/C18H19FN4O2/c19-13-5-7-14(8-6-13)24-12-17-21-18(25-22-17)11-23-10-2-4-16(23)15-3-1-9-20-15/h1,3,5-9,16,20H,2,4,10-12H2. The lowest BCUT2D eigenvalue weighted by atomic mass is 10.1. The summed E-state index contributed by atoms with van der Waals surface area (Å²) < 4.78 is 23.8. The zero-order valence-corrected chi connectivity index (χ0v) is 13.7. The summed E-state index contributed by atoms with van der Waals surface area (Å²) >= 11 is 0. The first kappa shape index (κ1) is 15.8. The van der Waals surface area contributed by atoms with Crippen molar-refractivity contribution in [2.75, 3.05) is 6.54 Å². The minimum Gasteiger partial charge on any atom is -0.485 e. The van der Waals surface area contributed by atoms with Crippen LogP contribution in [0.15, 0.2) is 47.1 Å². The molecule has 2 aromatic heterocycles. The molecule has 0 saturated carbocycles. The van der Waals surface area contributed by atoms with E-state index in [4.69, 9.17) is 9.26 Å². The van der Waals surface area contributed by atoms with Crippen LogP contribution >= 0.6 is 0 Å². The molecule has 0 aliphatic carbocycles. The van der Waals surface area contributed by atoms with Crippen LogP contribution in [0, 0.1) is 5.82 Å². The van der Waals surface area contributed by atoms with Crippen molar-refractivity contribution in [1.82, 2.24) is 20.0 Å². The first-order valence-corrected chi connectivity index (χ1v) is 8.35. The first-order chi connectivity index (χ1) is 12.3. The van der Waals surface area contributed by atoms with E-state index in [0.717, 1.165) is 19.4 Å². The average molecular weight is 342 g/mol. The molecule has 3 heterocycles. The Morgan fingerprint density at radius 2 is 2.16 bits per heavy atom. The molecule has 1 aromatic carbocycles. The minimum atomic E-state index is -0.295. The van der Waals surface area contributed by atoms with Crippen molar-refractivity contribution < 1.29 is 13.7 Å². The van der Waals surface area contributed by atoms with Gasteiger partial charge in [0, 0.05) is 11.9 Å². The van der Waals surface area contributed by atoms with Gasteiger partial charge in [-0.1, -0.05) is 5.16 Å². The molecule has 0 radical (unpaired) electrons. The Labute approximate surface area is 144 Å². The number of H-pyrrole nitrogens is 1. The van der Waals surface area contributed by atoms with Gasteiger partial charge in [0.25, 0.3) is 0 Å². The van der Waals surface area contributed by atoms with E-state index in [2.05, 4.69) is 26.1 Å². The topological polar surface area (TPSA) is 67.2 Å². The summed E-state index contributed by atoms with van der Waals surface area (Å²) in [4.78, 5) is 10.0. The number of nitrogens with one attached hydrogen (secondary N) is 1. The molecular formula is C18H19FN4O2. The highest BCUT2D eigenvalue weighted by Gasteiger charge is 2.28. The largest absolute Gasteiger partial charge is 0.485 e. The number of likely N-dealkylation sites (tertiary alicyclic amines) is 1. The van der Waals surface area contributed by atoms with Gasteiger partial charge < -0.3 is 14.2 Å². The second-order valence-corrected chi connectivity index (χ2v) is 6.10. The quantitative estimate of drug-likeness (QED) is 0.743. The van der Waals surface area contributed by atoms with Crippen molar-refractivity contribution in [2.45, 2.75) is 32.0 Å².